The number of aryl methyl sites for hydroxylation is 1. The average Bonchev–Trinajstić information content (AvgIpc) is 3.18. The first kappa shape index (κ1) is 25.2. The Labute approximate surface area is 202 Å². The molecule has 0 radical (unpaired) electrons. The Hall–Kier alpha value is -3.95. The molecule has 0 fully saturated rings. The number of halogens is 6. The first-order valence-corrected chi connectivity index (χ1v) is 10.7. The number of rotatable bonds is 6. The van der Waals surface area contributed by atoms with Gasteiger partial charge in [0.15, 0.2) is 0 Å². The van der Waals surface area contributed by atoms with Gasteiger partial charge in [0.2, 0.25) is 5.89 Å². The van der Waals surface area contributed by atoms with E-state index in [-0.39, 0.29) is 11.6 Å². The van der Waals surface area contributed by atoms with E-state index in [0.29, 0.717) is 29.1 Å². The van der Waals surface area contributed by atoms with Crippen molar-refractivity contribution in [3.63, 3.8) is 0 Å². The SMILES string of the molecule is Cc1oc(-c2ccc(C(F)(F)F)cc2)nc1Cc1ccc(N(C)c2ccc(OC(F)(F)F)cc2)cc1. The molecule has 0 bridgehead atoms. The van der Waals surface area contributed by atoms with Gasteiger partial charge in [0.1, 0.15) is 11.5 Å². The molecule has 0 spiro atoms. The molecule has 4 rings (SSSR count). The maximum atomic E-state index is 12.8. The van der Waals surface area contributed by atoms with Crippen molar-refractivity contribution >= 4 is 11.4 Å². The van der Waals surface area contributed by atoms with Gasteiger partial charge in [-0.2, -0.15) is 13.2 Å². The molecule has 3 aromatic carbocycles. The fourth-order valence-electron chi connectivity index (χ4n) is 3.57. The third-order valence-electron chi connectivity index (χ3n) is 5.50. The summed E-state index contributed by atoms with van der Waals surface area (Å²) < 4.78 is 85.0. The van der Waals surface area contributed by atoms with Crippen LogP contribution in [0.25, 0.3) is 11.5 Å². The highest BCUT2D eigenvalue weighted by atomic mass is 19.4. The maximum absolute atomic E-state index is 12.8. The van der Waals surface area contributed by atoms with Gasteiger partial charge in [0, 0.05) is 30.4 Å². The van der Waals surface area contributed by atoms with Gasteiger partial charge in [0.25, 0.3) is 0 Å². The van der Waals surface area contributed by atoms with Gasteiger partial charge >= 0.3 is 12.5 Å². The largest absolute Gasteiger partial charge is 0.573 e. The molecule has 0 atom stereocenters. The average molecular weight is 506 g/mol. The third kappa shape index (κ3) is 5.99. The minimum atomic E-state index is -4.75. The second-order valence-electron chi connectivity index (χ2n) is 8.04. The predicted molar refractivity (Wildman–Crippen MR) is 122 cm³/mol. The number of nitrogens with zero attached hydrogens (tertiary/aromatic N) is 2. The van der Waals surface area contributed by atoms with Crippen molar-refractivity contribution in [2.75, 3.05) is 11.9 Å². The zero-order chi connectivity index (χ0) is 26.1. The standard InChI is InChI=1S/C26H20F6N2O2/c1-16-23(33-24(35-16)18-5-7-19(8-6-18)25(27,28)29)15-17-3-9-20(10-4-17)34(2)21-11-13-22(14-12-21)36-26(30,31)32/h3-14H,15H2,1-2H3. The molecule has 0 saturated heterocycles. The summed E-state index contributed by atoms with van der Waals surface area (Å²) in [7, 11) is 1.78. The molecule has 0 unspecified atom stereocenters. The molecule has 0 saturated carbocycles. The summed E-state index contributed by atoms with van der Waals surface area (Å²) in [6.07, 6.45) is -8.71. The summed E-state index contributed by atoms with van der Waals surface area (Å²) in [6, 6.07) is 17.7. The minimum absolute atomic E-state index is 0.241. The van der Waals surface area contributed by atoms with Crippen molar-refractivity contribution in [3.05, 3.63) is 95.4 Å². The number of ether oxygens (including phenoxy) is 1. The van der Waals surface area contributed by atoms with Crippen LogP contribution in [0.3, 0.4) is 0 Å². The number of aromatic nitrogens is 1. The fraction of sp³-hybridized carbons (Fsp3) is 0.192. The summed E-state index contributed by atoms with van der Waals surface area (Å²) in [5.41, 5.74) is 2.77. The lowest BCUT2D eigenvalue weighted by Gasteiger charge is -2.20. The normalized spacial score (nSPS) is 12.0. The predicted octanol–water partition coefficient (Wildman–Crippen LogP) is 7.93. The van der Waals surface area contributed by atoms with Crippen molar-refractivity contribution in [1.82, 2.24) is 4.98 Å². The number of hydrogen-bond donors (Lipinski definition) is 0. The summed E-state index contributed by atoms with van der Waals surface area (Å²) in [4.78, 5) is 6.27. The molecule has 1 heterocycles. The molecule has 188 valence electrons. The second-order valence-corrected chi connectivity index (χ2v) is 8.04. The molecular formula is C26H20F6N2O2. The van der Waals surface area contributed by atoms with Crippen LogP contribution >= 0.6 is 0 Å². The Bertz CT molecular complexity index is 1310. The van der Waals surface area contributed by atoms with Crippen LogP contribution in [0.2, 0.25) is 0 Å². The smallest absolute Gasteiger partial charge is 0.441 e. The zero-order valence-electron chi connectivity index (χ0n) is 19.1. The van der Waals surface area contributed by atoms with Crippen LogP contribution < -0.4 is 9.64 Å². The van der Waals surface area contributed by atoms with Crippen molar-refractivity contribution in [1.29, 1.82) is 0 Å². The molecule has 4 aromatic rings. The Morgan fingerprint density at radius 2 is 1.36 bits per heavy atom. The van der Waals surface area contributed by atoms with E-state index in [2.05, 4.69) is 9.72 Å². The Balaban J connectivity index is 1.44. The van der Waals surface area contributed by atoms with E-state index in [9.17, 15) is 26.3 Å². The van der Waals surface area contributed by atoms with E-state index < -0.39 is 18.1 Å². The first-order chi connectivity index (χ1) is 16.9. The van der Waals surface area contributed by atoms with E-state index in [1.807, 2.05) is 29.2 Å². The van der Waals surface area contributed by atoms with Crippen molar-refractivity contribution in [2.45, 2.75) is 25.9 Å². The monoisotopic (exact) mass is 506 g/mol. The third-order valence-corrected chi connectivity index (χ3v) is 5.50. The van der Waals surface area contributed by atoms with Crippen molar-refractivity contribution in [3.8, 4) is 17.2 Å². The van der Waals surface area contributed by atoms with Gasteiger partial charge in [-0.1, -0.05) is 12.1 Å². The van der Waals surface area contributed by atoms with Gasteiger partial charge in [-0.05, 0) is 73.2 Å². The number of alkyl halides is 6. The molecule has 0 aliphatic heterocycles. The topological polar surface area (TPSA) is 38.5 Å². The van der Waals surface area contributed by atoms with Gasteiger partial charge in [-0.3, -0.25) is 0 Å². The highest BCUT2D eigenvalue weighted by molar-refractivity contribution is 5.63. The summed E-state index contributed by atoms with van der Waals surface area (Å²) >= 11 is 0. The Kier molecular flexibility index (Phi) is 6.71. The minimum Gasteiger partial charge on any atom is -0.441 e. The molecule has 0 aliphatic rings. The lowest BCUT2D eigenvalue weighted by atomic mass is 10.1. The molecule has 36 heavy (non-hydrogen) atoms. The quantitative estimate of drug-likeness (QED) is 0.249. The van der Waals surface area contributed by atoms with E-state index in [1.165, 1.54) is 36.4 Å². The summed E-state index contributed by atoms with van der Waals surface area (Å²) in [5.74, 6) is 0.506. The number of benzene rings is 3. The van der Waals surface area contributed by atoms with E-state index in [1.54, 1.807) is 14.0 Å². The second kappa shape index (κ2) is 9.60. The van der Waals surface area contributed by atoms with Gasteiger partial charge in [0.05, 0.1) is 11.3 Å². The fourth-order valence-corrected chi connectivity index (χ4v) is 3.57. The number of anilines is 2. The van der Waals surface area contributed by atoms with Crippen LogP contribution in [0.15, 0.2) is 77.2 Å². The van der Waals surface area contributed by atoms with Gasteiger partial charge in [-0.25, -0.2) is 4.98 Å². The van der Waals surface area contributed by atoms with Crippen LogP contribution in [0.1, 0.15) is 22.6 Å². The van der Waals surface area contributed by atoms with E-state index in [0.717, 1.165) is 23.4 Å². The van der Waals surface area contributed by atoms with Crippen molar-refractivity contribution in [2.24, 2.45) is 0 Å². The lowest BCUT2D eigenvalue weighted by Crippen LogP contribution is -2.17. The summed E-state index contributed by atoms with van der Waals surface area (Å²) in [5, 5.41) is 0. The van der Waals surface area contributed by atoms with Gasteiger partial charge in [-0.15, -0.1) is 13.2 Å². The molecule has 0 N–H and O–H groups in total. The van der Waals surface area contributed by atoms with E-state index in [4.69, 9.17) is 4.42 Å². The molecule has 0 amide bonds. The van der Waals surface area contributed by atoms with Gasteiger partial charge < -0.3 is 14.1 Å². The molecular weight excluding hydrogens is 486 g/mol. The van der Waals surface area contributed by atoms with Crippen LogP contribution in [-0.2, 0) is 12.6 Å². The van der Waals surface area contributed by atoms with Crippen LogP contribution in [0.4, 0.5) is 37.7 Å². The zero-order valence-corrected chi connectivity index (χ0v) is 19.1. The molecule has 1 aromatic heterocycles. The molecule has 0 aliphatic carbocycles. The number of oxazole rings is 1. The summed E-state index contributed by atoms with van der Waals surface area (Å²) in [6.45, 7) is 1.74. The molecule has 10 heteroatoms. The van der Waals surface area contributed by atoms with Crippen LogP contribution in [0, 0.1) is 6.92 Å². The van der Waals surface area contributed by atoms with Crippen LogP contribution in [-0.4, -0.2) is 18.4 Å². The Morgan fingerprint density at radius 1 is 0.806 bits per heavy atom. The first-order valence-electron chi connectivity index (χ1n) is 10.7. The molecule has 4 nitrogen and oxygen atoms in total. The van der Waals surface area contributed by atoms with Crippen LogP contribution in [0.5, 0.6) is 5.75 Å². The van der Waals surface area contributed by atoms with Crippen molar-refractivity contribution < 1.29 is 35.5 Å². The lowest BCUT2D eigenvalue weighted by molar-refractivity contribution is -0.274. The van der Waals surface area contributed by atoms with E-state index >= 15 is 0 Å². The number of hydrogen-bond acceptors (Lipinski definition) is 4. The Morgan fingerprint density at radius 3 is 1.89 bits per heavy atom. The highest BCUT2D eigenvalue weighted by Crippen LogP contribution is 2.32. The highest BCUT2D eigenvalue weighted by Gasteiger charge is 2.31. The maximum Gasteiger partial charge on any atom is 0.573 e.